The number of halogens is 1. The van der Waals surface area contributed by atoms with Gasteiger partial charge in [0.15, 0.2) is 0 Å². The van der Waals surface area contributed by atoms with Gasteiger partial charge in [-0.25, -0.2) is 11.0 Å². The minimum atomic E-state index is -0.280. The standard InChI is InChI=1S/C36H42FN7O4/c1-38-23-27-24-43(15-16-44(27)33(45)9-4-13-41-17-19-46-20-18-41)35-29-12-14-42(32-8-3-6-26-5-2-7-30(37)34(26)32)25-31(29)39-36(40-35)48-22-21-47-28-10-11-28/h2-9,27-28H,10-25H2/b9-4+/t27-/m0/s1. The van der Waals surface area contributed by atoms with Crippen LogP contribution in [0.1, 0.15) is 24.1 Å². The summed E-state index contributed by atoms with van der Waals surface area (Å²) in [7, 11) is 0. The molecule has 252 valence electrons. The van der Waals surface area contributed by atoms with Crippen molar-refractivity contribution in [1.82, 2.24) is 19.8 Å². The van der Waals surface area contributed by atoms with Gasteiger partial charge >= 0.3 is 6.01 Å². The molecule has 2 saturated heterocycles. The zero-order valence-electron chi connectivity index (χ0n) is 27.2. The predicted octanol–water partition coefficient (Wildman–Crippen LogP) is 3.71. The van der Waals surface area contributed by atoms with E-state index in [-0.39, 0.29) is 30.3 Å². The van der Waals surface area contributed by atoms with E-state index in [9.17, 15) is 4.79 Å². The van der Waals surface area contributed by atoms with Crippen molar-refractivity contribution in [2.24, 2.45) is 0 Å². The van der Waals surface area contributed by atoms with E-state index in [2.05, 4.69) is 19.5 Å². The van der Waals surface area contributed by atoms with Gasteiger partial charge in [0, 0.05) is 68.5 Å². The van der Waals surface area contributed by atoms with E-state index in [4.69, 9.17) is 30.8 Å². The van der Waals surface area contributed by atoms with Gasteiger partial charge < -0.3 is 33.8 Å². The van der Waals surface area contributed by atoms with Crippen molar-refractivity contribution in [3.8, 4) is 6.01 Å². The zero-order chi connectivity index (χ0) is 32.9. The number of amides is 1. The van der Waals surface area contributed by atoms with Gasteiger partial charge in [-0.05, 0) is 36.8 Å². The Morgan fingerprint density at radius 1 is 1.04 bits per heavy atom. The molecule has 0 bridgehead atoms. The van der Waals surface area contributed by atoms with Gasteiger partial charge in [0.25, 0.3) is 0 Å². The number of morpholine rings is 1. The van der Waals surface area contributed by atoms with Gasteiger partial charge in [-0.15, -0.1) is 0 Å². The Hall–Kier alpha value is -4.31. The van der Waals surface area contributed by atoms with Crippen LogP contribution in [0.15, 0.2) is 48.6 Å². The number of carbonyl (C=O) groups is 1. The molecule has 48 heavy (non-hydrogen) atoms. The molecule has 0 N–H and O–H groups in total. The Kier molecular flexibility index (Phi) is 9.98. The summed E-state index contributed by atoms with van der Waals surface area (Å²) in [5, 5.41) is 1.46. The highest BCUT2D eigenvalue weighted by Gasteiger charge is 2.35. The van der Waals surface area contributed by atoms with Crippen LogP contribution < -0.4 is 14.5 Å². The van der Waals surface area contributed by atoms with E-state index in [1.165, 1.54) is 6.07 Å². The molecule has 4 heterocycles. The summed E-state index contributed by atoms with van der Waals surface area (Å²) in [6, 6.07) is 11.0. The summed E-state index contributed by atoms with van der Waals surface area (Å²) >= 11 is 0. The maximum atomic E-state index is 15.1. The Morgan fingerprint density at radius 2 is 1.88 bits per heavy atom. The summed E-state index contributed by atoms with van der Waals surface area (Å²) in [6.45, 7) is 15.2. The van der Waals surface area contributed by atoms with Crippen molar-refractivity contribution in [2.45, 2.75) is 38.0 Å². The van der Waals surface area contributed by atoms with Crippen LogP contribution in [-0.2, 0) is 27.2 Å². The largest absolute Gasteiger partial charge is 0.461 e. The molecule has 4 aliphatic rings. The summed E-state index contributed by atoms with van der Waals surface area (Å²) in [4.78, 5) is 35.2. The number of nitrogens with zero attached hydrogens (tertiary/aromatic N) is 7. The molecule has 3 fully saturated rings. The molecule has 1 aliphatic carbocycles. The molecule has 11 nitrogen and oxygen atoms in total. The van der Waals surface area contributed by atoms with Crippen LogP contribution in [0.5, 0.6) is 6.01 Å². The molecule has 1 saturated carbocycles. The fraction of sp³-hybridized carbons (Fsp3) is 0.500. The molecule has 0 radical (unpaired) electrons. The molecule has 0 unspecified atom stereocenters. The SMILES string of the molecule is [C-]#[N+]C[C@H]1CN(c2nc(OCCOC3CC3)nc3c2CCN(c2cccc4cccc(F)c24)C3)CCN1C(=O)/C=C/CN1CCOCC1. The Bertz CT molecular complexity index is 1680. The topological polar surface area (TPSA) is 87.9 Å². The predicted molar refractivity (Wildman–Crippen MR) is 181 cm³/mol. The first-order chi connectivity index (χ1) is 23.6. The van der Waals surface area contributed by atoms with E-state index in [0.717, 1.165) is 54.1 Å². The molecule has 12 heteroatoms. The molecule has 0 spiro atoms. The van der Waals surface area contributed by atoms with Gasteiger partial charge in [0.1, 0.15) is 24.3 Å². The molecule has 1 atom stereocenters. The second-order valence-electron chi connectivity index (χ2n) is 12.7. The molecule has 1 amide bonds. The first kappa shape index (κ1) is 32.2. The van der Waals surface area contributed by atoms with Crippen LogP contribution in [-0.4, -0.2) is 117 Å². The van der Waals surface area contributed by atoms with E-state index < -0.39 is 0 Å². The number of benzene rings is 2. The number of aromatic nitrogens is 2. The van der Waals surface area contributed by atoms with E-state index in [1.54, 1.807) is 12.1 Å². The lowest BCUT2D eigenvalue weighted by molar-refractivity contribution is -0.128. The van der Waals surface area contributed by atoms with Gasteiger partial charge in [-0.2, -0.15) is 9.97 Å². The number of hydrogen-bond acceptors (Lipinski definition) is 9. The van der Waals surface area contributed by atoms with E-state index in [1.807, 2.05) is 35.2 Å². The van der Waals surface area contributed by atoms with E-state index in [0.29, 0.717) is 83.6 Å². The minimum absolute atomic E-state index is 0.0704. The average molecular weight is 656 g/mol. The Morgan fingerprint density at radius 3 is 2.69 bits per heavy atom. The number of rotatable bonds is 11. The zero-order valence-corrected chi connectivity index (χ0v) is 27.2. The van der Waals surface area contributed by atoms with Crippen LogP contribution >= 0.6 is 0 Å². The van der Waals surface area contributed by atoms with Gasteiger partial charge in [-0.3, -0.25) is 9.69 Å². The fourth-order valence-electron chi connectivity index (χ4n) is 6.82. The second-order valence-corrected chi connectivity index (χ2v) is 12.7. The van der Waals surface area contributed by atoms with Gasteiger partial charge in [0.2, 0.25) is 12.5 Å². The van der Waals surface area contributed by atoms with Gasteiger partial charge in [0.05, 0.1) is 38.2 Å². The van der Waals surface area contributed by atoms with Crippen molar-refractivity contribution in [3.63, 3.8) is 0 Å². The number of piperazine rings is 1. The lowest BCUT2D eigenvalue weighted by Gasteiger charge is -2.41. The average Bonchev–Trinajstić information content (AvgIpc) is 3.95. The van der Waals surface area contributed by atoms with Crippen LogP contribution in [0, 0.1) is 12.4 Å². The normalized spacial score (nSPS) is 20.2. The first-order valence-corrected chi connectivity index (χ1v) is 17.0. The third-order valence-corrected chi connectivity index (χ3v) is 9.48. The molecular formula is C36H42FN7O4. The van der Waals surface area contributed by atoms with Crippen molar-refractivity contribution in [2.75, 3.05) is 88.6 Å². The third kappa shape index (κ3) is 7.38. The number of ether oxygens (including phenoxy) is 3. The fourth-order valence-corrected chi connectivity index (χ4v) is 6.82. The monoisotopic (exact) mass is 655 g/mol. The highest BCUT2D eigenvalue weighted by Crippen LogP contribution is 2.35. The number of fused-ring (bicyclic) bond motifs is 2. The van der Waals surface area contributed by atoms with Crippen LogP contribution in [0.4, 0.5) is 15.9 Å². The minimum Gasteiger partial charge on any atom is -0.461 e. The summed E-state index contributed by atoms with van der Waals surface area (Å²) in [6.07, 6.45) is 6.74. The van der Waals surface area contributed by atoms with Crippen molar-refractivity contribution >= 4 is 28.2 Å². The first-order valence-electron chi connectivity index (χ1n) is 17.0. The van der Waals surface area contributed by atoms with Crippen molar-refractivity contribution < 1.29 is 23.4 Å². The third-order valence-electron chi connectivity index (χ3n) is 9.48. The van der Waals surface area contributed by atoms with Crippen LogP contribution in [0.2, 0.25) is 0 Å². The van der Waals surface area contributed by atoms with Crippen molar-refractivity contribution in [1.29, 1.82) is 0 Å². The molecule has 1 aromatic heterocycles. The highest BCUT2D eigenvalue weighted by atomic mass is 19.1. The molecule has 7 rings (SSSR count). The molecule has 3 aliphatic heterocycles. The summed E-state index contributed by atoms with van der Waals surface area (Å²) in [5.41, 5.74) is 2.70. The summed E-state index contributed by atoms with van der Waals surface area (Å²) in [5.74, 6) is 0.469. The number of carbonyl (C=O) groups excluding carboxylic acids is 1. The second kappa shape index (κ2) is 14.8. The van der Waals surface area contributed by atoms with Crippen LogP contribution in [0.3, 0.4) is 0 Å². The van der Waals surface area contributed by atoms with Gasteiger partial charge in [-0.1, -0.05) is 30.3 Å². The molecule has 3 aromatic rings. The number of anilines is 2. The maximum Gasteiger partial charge on any atom is 0.318 e. The van der Waals surface area contributed by atoms with Crippen LogP contribution in [0.25, 0.3) is 15.6 Å². The maximum absolute atomic E-state index is 15.1. The quantitative estimate of drug-likeness (QED) is 0.174. The summed E-state index contributed by atoms with van der Waals surface area (Å²) < 4.78 is 32.4. The van der Waals surface area contributed by atoms with Crippen molar-refractivity contribution in [3.05, 3.63) is 77.0 Å². The Balaban J connectivity index is 1.11. The Labute approximate surface area is 280 Å². The number of hydrogen-bond donors (Lipinski definition) is 0. The lowest BCUT2D eigenvalue weighted by atomic mass is 10.0. The smallest absolute Gasteiger partial charge is 0.318 e. The van der Waals surface area contributed by atoms with E-state index >= 15 is 4.39 Å². The molecule has 2 aromatic carbocycles. The highest BCUT2D eigenvalue weighted by molar-refractivity contribution is 5.95. The lowest BCUT2D eigenvalue weighted by Crippen LogP contribution is -2.56. The molecular weight excluding hydrogens is 613 g/mol.